The minimum Gasteiger partial charge on any atom is -0.366 e. The van der Waals surface area contributed by atoms with Crippen LogP contribution in [-0.4, -0.2) is 17.4 Å². The Bertz CT molecular complexity index is 917. The molecule has 0 aromatic heterocycles. The minimum atomic E-state index is -0.365. The van der Waals surface area contributed by atoms with Crippen LogP contribution in [0.1, 0.15) is 12.8 Å². The standard InChI is InChI=1S/C17H15N3O.ClH/c18-16(21)14-6-3-7-20-10-13-8-11-4-1-2-5-12(11)9-15(13)19-17(14)20;/h1-2,4-5,8-10H,3,6-7H2,(H2,18,21);1H. The van der Waals surface area contributed by atoms with Gasteiger partial charge in [-0.2, -0.15) is 0 Å². The van der Waals surface area contributed by atoms with Crippen LogP contribution in [0.2, 0.25) is 0 Å². The Hall–Kier alpha value is -2.33. The average molecular weight is 314 g/mol. The zero-order chi connectivity index (χ0) is 14.4. The van der Waals surface area contributed by atoms with E-state index in [1.165, 1.54) is 5.39 Å². The van der Waals surface area contributed by atoms with Crippen molar-refractivity contribution in [2.45, 2.75) is 12.8 Å². The summed E-state index contributed by atoms with van der Waals surface area (Å²) in [6.07, 6.45) is 3.71. The van der Waals surface area contributed by atoms with Crippen LogP contribution in [0.3, 0.4) is 0 Å². The fourth-order valence-corrected chi connectivity index (χ4v) is 3.04. The second-order valence-electron chi connectivity index (χ2n) is 5.46. The Labute approximate surface area is 134 Å². The maximum Gasteiger partial charge on any atom is 0.248 e. The molecule has 2 aromatic carbocycles. The van der Waals surface area contributed by atoms with E-state index in [0.717, 1.165) is 34.7 Å². The van der Waals surface area contributed by atoms with E-state index >= 15 is 0 Å². The number of fused-ring (bicyclic) bond motifs is 3. The molecule has 4 rings (SSSR count). The van der Waals surface area contributed by atoms with Gasteiger partial charge in [0, 0.05) is 18.0 Å². The summed E-state index contributed by atoms with van der Waals surface area (Å²) in [7, 11) is 0. The van der Waals surface area contributed by atoms with Crippen molar-refractivity contribution in [3.63, 3.8) is 0 Å². The number of nitrogens with zero attached hydrogens (tertiary/aromatic N) is 2. The van der Waals surface area contributed by atoms with Gasteiger partial charge in [0.2, 0.25) is 5.91 Å². The summed E-state index contributed by atoms with van der Waals surface area (Å²) in [5.74, 6) is 0.354. The Morgan fingerprint density at radius 2 is 1.91 bits per heavy atom. The summed E-state index contributed by atoms with van der Waals surface area (Å²) >= 11 is 0. The van der Waals surface area contributed by atoms with Gasteiger partial charge in [0.05, 0.1) is 10.9 Å². The summed E-state index contributed by atoms with van der Waals surface area (Å²) in [4.78, 5) is 18.3. The summed E-state index contributed by atoms with van der Waals surface area (Å²) in [5.41, 5.74) is 6.12. The topological polar surface area (TPSA) is 58.7 Å². The molecule has 0 bridgehead atoms. The SMILES string of the molecule is Cl.NC(=O)C1=C2N=c3cc4ccccc4cc3=CN2CCC1. The molecule has 112 valence electrons. The molecule has 2 heterocycles. The number of primary amides is 1. The molecule has 4 nitrogen and oxygen atoms in total. The fraction of sp³-hybridized carbons (Fsp3) is 0.176. The first-order valence-corrected chi connectivity index (χ1v) is 7.11. The van der Waals surface area contributed by atoms with E-state index < -0.39 is 0 Å². The molecule has 0 aliphatic carbocycles. The molecule has 0 spiro atoms. The largest absolute Gasteiger partial charge is 0.366 e. The van der Waals surface area contributed by atoms with Gasteiger partial charge in [-0.05, 0) is 35.7 Å². The molecule has 0 fully saturated rings. The summed E-state index contributed by atoms with van der Waals surface area (Å²) in [6, 6.07) is 12.4. The van der Waals surface area contributed by atoms with Crippen molar-refractivity contribution in [2.24, 2.45) is 10.7 Å². The first kappa shape index (κ1) is 14.6. The molecule has 2 aliphatic rings. The van der Waals surface area contributed by atoms with Crippen LogP contribution in [0, 0.1) is 0 Å². The Morgan fingerprint density at radius 3 is 2.64 bits per heavy atom. The van der Waals surface area contributed by atoms with Gasteiger partial charge in [-0.3, -0.25) is 4.79 Å². The third-order valence-corrected chi connectivity index (χ3v) is 4.08. The van der Waals surface area contributed by atoms with Crippen molar-refractivity contribution in [1.82, 2.24) is 4.90 Å². The molecule has 0 atom stereocenters. The lowest BCUT2D eigenvalue weighted by Crippen LogP contribution is -2.38. The van der Waals surface area contributed by atoms with Crippen molar-refractivity contribution in [3.05, 3.63) is 58.4 Å². The lowest BCUT2D eigenvalue weighted by molar-refractivity contribution is -0.114. The molecule has 5 heteroatoms. The first-order chi connectivity index (χ1) is 10.2. The van der Waals surface area contributed by atoms with Gasteiger partial charge < -0.3 is 10.6 Å². The van der Waals surface area contributed by atoms with Gasteiger partial charge >= 0.3 is 0 Å². The zero-order valence-corrected chi connectivity index (χ0v) is 12.8. The van der Waals surface area contributed by atoms with E-state index in [0.29, 0.717) is 12.0 Å². The molecule has 0 saturated heterocycles. The number of amides is 1. The lowest BCUT2D eigenvalue weighted by Gasteiger charge is -2.29. The predicted molar refractivity (Wildman–Crippen MR) is 88.6 cm³/mol. The number of carbonyl (C=O) groups is 1. The molecule has 22 heavy (non-hydrogen) atoms. The van der Waals surface area contributed by atoms with Crippen LogP contribution in [0.15, 0.2) is 52.8 Å². The fourth-order valence-electron chi connectivity index (χ4n) is 3.04. The monoisotopic (exact) mass is 313 g/mol. The quantitative estimate of drug-likeness (QED) is 0.866. The smallest absolute Gasteiger partial charge is 0.248 e. The molecule has 2 N–H and O–H groups in total. The molecule has 0 saturated carbocycles. The maximum atomic E-state index is 11.6. The Balaban J connectivity index is 0.00000144. The second-order valence-corrected chi connectivity index (χ2v) is 5.46. The van der Waals surface area contributed by atoms with Crippen molar-refractivity contribution in [3.8, 4) is 0 Å². The third kappa shape index (κ3) is 2.25. The summed E-state index contributed by atoms with van der Waals surface area (Å²) in [5, 5.41) is 4.34. The highest BCUT2D eigenvalue weighted by Gasteiger charge is 2.23. The number of halogens is 1. The Morgan fingerprint density at radius 1 is 1.18 bits per heavy atom. The first-order valence-electron chi connectivity index (χ1n) is 7.11. The number of carbonyl (C=O) groups excluding carboxylic acids is 1. The number of nitrogens with two attached hydrogens (primary N) is 1. The molecule has 2 aromatic rings. The highest BCUT2D eigenvalue weighted by molar-refractivity contribution is 5.93. The van der Waals surface area contributed by atoms with Crippen LogP contribution < -0.4 is 16.3 Å². The van der Waals surface area contributed by atoms with E-state index in [1.54, 1.807) is 0 Å². The van der Waals surface area contributed by atoms with Crippen molar-refractivity contribution >= 4 is 35.3 Å². The minimum absolute atomic E-state index is 0. The predicted octanol–water partition coefficient (Wildman–Crippen LogP) is 1.43. The molecule has 0 unspecified atom stereocenters. The van der Waals surface area contributed by atoms with Gasteiger partial charge in [0.25, 0.3) is 0 Å². The van der Waals surface area contributed by atoms with Gasteiger partial charge in [-0.15, -0.1) is 12.4 Å². The van der Waals surface area contributed by atoms with E-state index in [-0.39, 0.29) is 18.3 Å². The molecule has 0 radical (unpaired) electrons. The lowest BCUT2D eigenvalue weighted by atomic mass is 10.0. The van der Waals surface area contributed by atoms with Crippen molar-refractivity contribution in [1.29, 1.82) is 0 Å². The zero-order valence-electron chi connectivity index (χ0n) is 12.0. The van der Waals surface area contributed by atoms with Crippen LogP contribution >= 0.6 is 12.4 Å². The number of hydrogen-bond donors (Lipinski definition) is 1. The van der Waals surface area contributed by atoms with Crippen LogP contribution in [-0.2, 0) is 4.79 Å². The third-order valence-electron chi connectivity index (χ3n) is 4.08. The van der Waals surface area contributed by atoms with Crippen molar-refractivity contribution < 1.29 is 4.79 Å². The van der Waals surface area contributed by atoms with Gasteiger partial charge in [0.1, 0.15) is 5.82 Å². The van der Waals surface area contributed by atoms with E-state index in [1.807, 2.05) is 17.0 Å². The van der Waals surface area contributed by atoms with Gasteiger partial charge in [-0.1, -0.05) is 24.3 Å². The summed E-state index contributed by atoms with van der Waals surface area (Å²) < 4.78 is 0. The molecular formula is C17H16ClN3O. The Kier molecular flexibility index (Phi) is 3.62. The highest BCUT2D eigenvalue weighted by Crippen LogP contribution is 2.24. The number of rotatable bonds is 1. The summed E-state index contributed by atoms with van der Waals surface area (Å²) in [6.45, 7) is 0.877. The van der Waals surface area contributed by atoms with Crippen molar-refractivity contribution in [2.75, 3.05) is 6.54 Å². The van der Waals surface area contributed by atoms with Crippen LogP contribution in [0.25, 0.3) is 17.0 Å². The highest BCUT2D eigenvalue weighted by atomic mass is 35.5. The van der Waals surface area contributed by atoms with Crippen LogP contribution in [0.4, 0.5) is 0 Å². The normalized spacial score (nSPS) is 16.1. The maximum absolute atomic E-state index is 11.6. The molecular weight excluding hydrogens is 298 g/mol. The average Bonchev–Trinajstić information content (AvgIpc) is 2.50. The molecule has 2 aliphatic heterocycles. The van der Waals surface area contributed by atoms with E-state index in [4.69, 9.17) is 10.7 Å². The van der Waals surface area contributed by atoms with Gasteiger partial charge in [0.15, 0.2) is 0 Å². The van der Waals surface area contributed by atoms with E-state index in [2.05, 4.69) is 30.5 Å². The molecule has 1 amide bonds. The second kappa shape index (κ2) is 5.46. The van der Waals surface area contributed by atoms with Gasteiger partial charge in [-0.25, -0.2) is 4.99 Å². The van der Waals surface area contributed by atoms with Crippen LogP contribution in [0.5, 0.6) is 0 Å². The number of hydrogen-bond acceptors (Lipinski definition) is 3. The van der Waals surface area contributed by atoms with E-state index in [9.17, 15) is 4.79 Å². The number of benzene rings is 2.